The van der Waals surface area contributed by atoms with Crippen LogP contribution in [0.15, 0.2) is 46.3 Å². The van der Waals surface area contributed by atoms with E-state index in [4.69, 9.17) is 10.9 Å². The van der Waals surface area contributed by atoms with E-state index in [0.717, 1.165) is 10.2 Å². The molecular weight excluding hydrogens is 272 g/mol. The molecule has 2 rings (SSSR count). The quantitative estimate of drug-likeness (QED) is 0.381. The Morgan fingerprint density at radius 2 is 2.31 bits per heavy atom. The second-order valence-electron chi connectivity index (χ2n) is 3.10. The van der Waals surface area contributed by atoms with Crippen molar-refractivity contribution >= 4 is 21.8 Å². The summed E-state index contributed by atoms with van der Waals surface area (Å²) in [5, 5.41) is 15.6. The number of nitrogens with zero attached hydrogens (tertiary/aromatic N) is 3. The van der Waals surface area contributed by atoms with Crippen LogP contribution in [0.5, 0.6) is 0 Å². The molecule has 5 nitrogen and oxygen atoms in total. The van der Waals surface area contributed by atoms with Crippen LogP contribution in [0.1, 0.15) is 5.56 Å². The lowest BCUT2D eigenvalue weighted by molar-refractivity contribution is 0.318. The lowest BCUT2D eigenvalue weighted by Crippen LogP contribution is -2.13. The third kappa shape index (κ3) is 1.92. The maximum atomic E-state index is 8.56. The van der Waals surface area contributed by atoms with Crippen molar-refractivity contribution in [1.82, 2.24) is 9.78 Å². The van der Waals surface area contributed by atoms with Crippen LogP contribution in [-0.4, -0.2) is 20.8 Å². The van der Waals surface area contributed by atoms with Crippen molar-refractivity contribution in [2.75, 3.05) is 0 Å². The van der Waals surface area contributed by atoms with Gasteiger partial charge in [0.2, 0.25) is 0 Å². The highest BCUT2D eigenvalue weighted by molar-refractivity contribution is 9.10. The Morgan fingerprint density at radius 1 is 1.50 bits per heavy atom. The minimum atomic E-state index is 0.0766. The first kappa shape index (κ1) is 10.7. The molecule has 2 aromatic rings. The van der Waals surface area contributed by atoms with Crippen LogP contribution in [0.3, 0.4) is 0 Å². The van der Waals surface area contributed by atoms with Crippen LogP contribution >= 0.6 is 15.9 Å². The van der Waals surface area contributed by atoms with Crippen molar-refractivity contribution < 1.29 is 5.21 Å². The molecule has 0 unspecified atom stereocenters. The molecule has 0 aliphatic rings. The highest BCUT2D eigenvalue weighted by Crippen LogP contribution is 2.21. The molecule has 1 aromatic carbocycles. The molecule has 6 heteroatoms. The first-order valence-corrected chi connectivity index (χ1v) is 5.29. The zero-order valence-electron chi connectivity index (χ0n) is 8.21. The molecule has 0 spiro atoms. The van der Waals surface area contributed by atoms with Gasteiger partial charge in [-0.1, -0.05) is 5.16 Å². The van der Waals surface area contributed by atoms with Gasteiger partial charge in [-0.2, -0.15) is 5.10 Å². The second kappa shape index (κ2) is 4.36. The number of halogens is 1. The van der Waals surface area contributed by atoms with Gasteiger partial charge in [0.05, 0.1) is 5.69 Å². The van der Waals surface area contributed by atoms with E-state index in [9.17, 15) is 0 Å². The Morgan fingerprint density at radius 3 is 2.88 bits per heavy atom. The summed E-state index contributed by atoms with van der Waals surface area (Å²) in [5.41, 5.74) is 7.02. The molecule has 0 saturated heterocycles. The van der Waals surface area contributed by atoms with Gasteiger partial charge in [0.25, 0.3) is 0 Å². The van der Waals surface area contributed by atoms with Crippen LogP contribution in [0.25, 0.3) is 5.69 Å². The SMILES string of the molecule is N/C(=N/O)c1ccc(-n2cccn2)c(Br)c1. The number of hydrogen-bond donors (Lipinski definition) is 2. The number of aromatic nitrogens is 2. The molecule has 16 heavy (non-hydrogen) atoms. The van der Waals surface area contributed by atoms with Crippen LogP contribution in [0.4, 0.5) is 0 Å². The molecule has 0 bridgehead atoms. The molecule has 3 N–H and O–H groups in total. The van der Waals surface area contributed by atoms with E-state index < -0.39 is 0 Å². The zero-order chi connectivity index (χ0) is 11.5. The molecule has 0 radical (unpaired) electrons. The number of rotatable bonds is 2. The van der Waals surface area contributed by atoms with Crippen molar-refractivity contribution in [3.05, 3.63) is 46.7 Å². The largest absolute Gasteiger partial charge is 0.409 e. The fraction of sp³-hybridized carbons (Fsp3) is 0. The maximum Gasteiger partial charge on any atom is 0.170 e. The standard InChI is InChI=1S/C10H9BrN4O/c11-8-6-7(10(12)14-16)2-3-9(8)15-5-1-4-13-15/h1-6,16H,(H2,12,14). The fourth-order valence-corrected chi connectivity index (χ4v) is 1.88. The number of hydrogen-bond acceptors (Lipinski definition) is 3. The normalized spacial score (nSPS) is 11.7. The zero-order valence-corrected chi connectivity index (χ0v) is 9.79. The van der Waals surface area contributed by atoms with Gasteiger partial charge < -0.3 is 10.9 Å². The van der Waals surface area contributed by atoms with Gasteiger partial charge in [-0.25, -0.2) is 4.68 Å². The molecule has 0 fully saturated rings. The van der Waals surface area contributed by atoms with Crippen LogP contribution in [0.2, 0.25) is 0 Å². The average Bonchev–Trinajstić information content (AvgIpc) is 2.81. The maximum absolute atomic E-state index is 8.56. The van der Waals surface area contributed by atoms with E-state index in [1.807, 2.05) is 18.3 Å². The highest BCUT2D eigenvalue weighted by atomic mass is 79.9. The number of amidine groups is 1. The van der Waals surface area contributed by atoms with E-state index in [1.165, 1.54) is 0 Å². The van der Waals surface area contributed by atoms with Crippen molar-refractivity contribution in [3.8, 4) is 5.69 Å². The minimum Gasteiger partial charge on any atom is -0.409 e. The Kier molecular flexibility index (Phi) is 2.91. The van der Waals surface area contributed by atoms with Crippen LogP contribution in [0, 0.1) is 0 Å². The van der Waals surface area contributed by atoms with Crippen LogP contribution in [-0.2, 0) is 0 Å². The summed E-state index contributed by atoms with van der Waals surface area (Å²) in [6.07, 6.45) is 3.53. The molecule has 1 aromatic heterocycles. The predicted octanol–water partition coefficient (Wildman–Crippen LogP) is 1.73. The molecule has 0 amide bonds. The Balaban J connectivity index is 2.45. The summed E-state index contributed by atoms with van der Waals surface area (Å²) >= 11 is 3.41. The third-order valence-corrected chi connectivity index (χ3v) is 2.74. The summed E-state index contributed by atoms with van der Waals surface area (Å²) in [4.78, 5) is 0. The van der Waals surface area contributed by atoms with Crippen molar-refractivity contribution in [3.63, 3.8) is 0 Å². The van der Waals surface area contributed by atoms with Crippen molar-refractivity contribution in [1.29, 1.82) is 0 Å². The first-order chi connectivity index (χ1) is 7.72. The second-order valence-corrected chi connectivity index (χ2v) is 3.96. The Hall–Kier alpha value is -1.82. The van der Waals surface area contributed by atoms with Gasteiger partial charge in [-0.05, 0) is 40.2 Å². The van der Waals surface area contributed by atoms with Gasteiger partial charge in [0.1, 0.15) is 0 Å². The lowest BCUT2D eigenvalue weighted by Gasteiger charge is -2.06. The highest BCUT2D eigenvalue weighted by Gasteiger charge is 2.06. The van der Waals surface area contributed by atoms with Crippen molar-refractivity contribution in [2.45, 2.75) is 0 Å². The number of nitrogens with two attached hydrogens (primary N) is 1. The summed E-state index contributed by atoms with van der Waals surface area (Å²) in [5.74, 6) is 0.0766. The molecular formula is C10H9BrN4O. The van der Waals surface area contributed by atoms with Gasteiger partial charge in [-0.15, -0.1) is 0 Å². The molecule has 0 saturated carbocycles. The van der Waals surface area contributed by atoms with Crippen LogP contribution < -0.4 is 5.73 Å². The molecule has 82 valence electrons. The Bertz CT molecular complexity index is 522. The summed E-state index contributed by atoms with van der Waals surface area (Å²) < 4.78 is 2.54. The third-order valence-electron chi connectivity index (χ3n) is 2.10. The summed E-state index contributed by atoms with van der Waals surface area (Å²) in [7, 11) is 0. The van der Waals surface area contributed by atoms with Crippen molar-refractivity contribution in [2.24, 2.45) is 10.9 Å². The molecule has 0 aliphatic heterocycles. The number of oxime groups is 1. The fourth-order valence-electron chi connectivity index (χ4n) is 1.32. The predicted molar refractivity (Wildman–Crippen MR) is 63.8 cm³/mol. The number of benzene rings is 1. The van der Waals surface area contributed by atoms with E-state index in [1.54, 1.807) is 23.0 Å². The Labute approximate surface area is 100 Å². The van der Waals surface area contributed by atoms with Gasteiger partial charge >= 0.3 is 0 Å². The van der Waals surface area contributed by atoms with E-state index >= 15 is 0 Å². The first-order valence-electron chi connectivity index (χ1n) is 4.50. The minimum absolute atomic E-state index is 0.0766. The smallest absolute Gasteiger partial charge is 0.170 e. The topological polar surface area (TPSA) is 76.4 Å². The molecule has 1 heterocycles. The lowest BCUT2D eigenvalue weighted by atomic mass is 10.2. The van der Waals surface area contributed by atoms with E-state index in [-0.39, 0.29) is 5.84 Å². The van der Waals surface area contributed by atoms with Gasteiger partial charge in [0, 0.05) is 22.4 Å². The summed E-state index contributed by atoms with van der Waals surface area (Å²) in [6, 6.07) is 7.21. The van der Waals surface area contributed by atoms with E-state index in [2.05, 4.69) is 26.2 Å². The monoisotopic (exact) mass is 280 g/mol. The van der Waals surface area contributed by atoms with E-state index in [0.29, 0.717) is 5.56 Å². The molecule has 0 aliphatic carbocycles. The van der Waals surface area contributed by atoms with Gasteiger partial charge in [-0.3, -0.25) is 0 Å². The summed E-state index contributed by atoms with van der Waals surface area (Å²) in [6.45, 7) is 0. The molecule has 0 atom stereocenters. The van der Waals surface area contributed by atoms with Gasteiger partial charge in [0.15, 0.2) is 5.84 Å². The average molecular weight is 281 g/mol.